The third-order valence-corrected chi connectivity index (χ3v) is 3.78. The van der Waals surface area contributed by atoms with Crippen LogP contribution < -0.4 is 10.6 Å². The molecule has 112 valence electrons. The minimum atomic E-state index is 0.254. The zero-order valence-electron chi connectivity index (χ0n) is 12.0. The van der Waals surface area contributed by atoms with E-state index in [4.69, 9.17) is 4.74 Å². The van der Waals surface area contributed by atoms with E-state index in [1.54, 1.807) is 18.3 Å². The Kier molecular flexibility index (Phi) is 4.52. The predicted octanol–water partition coefficient (Wildman–Crippen LogP) is 2.12. The van der Waals surface area contributed by atoms with E-state index in [0.717, 1.165) is 42.5 Å². The summed E-state index contributed by atoms with van der Waals surface area (Å²) in [5, 5.41) is 18.2. The molecule has 1 aliphatic heterocycles. The number of hydrogen-bond acceptors (Lipinski definition) is 5. The highest BCUT2D eigenvalue weighted by Gasteiger charge is 2.12. The van der Waals surface area contributed by atoms with E-state index >= 15 is 0 Å². The molecule has 1 aromatic carbocycles. The number of aromatic hydroxyl groups is 1. The first-order chi connectivity index (χ1) is 10.3. The number of fused-ring (bicyclic) bond motifs is 1. The summed E-state index contributed by atoms with van der Waals surface area (Å²) in [6.07, 6.45) is 4.31. The summed E-state index contributed by atoms with van der Waals surface area (Å²) < 4.78 is 5.86. The standard InChI is InChI=1S/C16H21N3O2/c20-13-2-1-12-3-8-18-16(15(12)11-13)19-9-10-21-14-4-6-17-7-5-14/h1-3,8,11,14,17,20H,4-7,9-10H2,(H,18,19). The number of ether oxygens (including phenoxy) is 1. The van der Waals surface area contributed by atoms with Gasteiger partial charge in [0.15, 0.2) is 0 Å². The molecule has 0 aliphatic carbocycles. The fraction of sp³-hybridized carbons (Fsp3) is 0.438. The summed E-state index contributed by atoms with van der Waals surface area (Å²) in [5.74, 6) is 1.04. The minimum Gasteiger partial charge on any atom is -0.508 e. The number of benzene rings is 1. The summed E-state index contributed by atoms with van der Waals surface area (Å²) in [7, 11) is 0. The lowest BCUT2D eigenvalue weighted by Gasteiger charge is -2.23. The van der Waals surface area contributed by atoms with Crippen LogP contribution in [0.1, 0.15) is 12.8 Å². The van der Waals surface area contributed by atoms with Crippen molar-refractivity contribution in [3.05, 3.63) is 30.5 Å². The van der Waals surface area contributed by atoms with Gasteiger partial charge in [-0.15, -0.1) is 0 Å². The maximum absolute atomic E-state index is 9.61. The van der Waals surface area contributed by atoms with Crippen molar-refractivity contribution in [3.63, 3.8) is 0 Å². The van der Waals surface area contributed by atoms with Crippen LogP contribution in [-0.2, 0) is 4.74 Å². The molecule has 0 radical (unpaired) electrons. The number of phenolic OH excluding ortho intramolecular Hbond substituents is 1. The summed E-state index contributed by atoms with van der Waals surface area (Å²) in [6, 6.07) is 7.25. The molecule has 1 fully saturated rings. The van der Waals surface area contributed by atoms with E-state index in [0.29, 0.717) is 19.3 Å². The van der Waals surface area contributed by atoms with Crippen LogP contribution in [0.5, 0.6) is 5.75 Å². The highest BCUT2D eigenvalue weighted by atomic mass is 16.5. The van der Waals surface area contributed by atoms with Crippen molar-refractivity contribution in [2.75, 3.05) is 31.6 Å². The predicted molar refractivity (Wildman–Crippen MR) is 83.7 cm³/mol. The molecule has 2 aromatic rings. The number of aromatic nitrogens is 1. The molecular weight excluding hydrogens is 266 g/mol. The third-order valence-electron chi connectivity index (χ3n) is 3.78. The molecule has 5 heteroatoms. The molecule has 1 aromatic heterocycles. The van der Waals surface area contributed by atoms with Crippen molar-refractivity contribution < 1.29 is 9.84 Å². The molecule has 5 nitrogen and oxygen atoms in total. The number of anilines is 1. The number of rotatable bonds is 5. The lowest BCUT2D eigenvalue weighted by molar-refractivity contribution is 0.0394. The van der Waals surface area contributed by atoms with E-state index in [1.807, 2.05) is 12.1 Å². The van der Waals surface area contributed by atoms with Crippen LogP contribution in [0.2, 0.25) is 0 Å². The molecule has 1 aliphatic rings. The Bertz CT molecular complexity index is 597. The SMILES string of the molecule is Oc1ccc2ccnc(NCCOC3CCNCC3)c2c1. The zero-order valence-corrected chi connectivity index (χ0v) is 12.0. The van der Waals surface area contributed by atoms with Crippen LogP contribution in [0.4, 0.5) is 5.82 Å². The first kappa shape index (κ1) is 14.1. The maximum atomic E-state index is 9.61. The number of piperidine rings is 1. The zero-order chi connectivity index (χ0) is 14.5. The van der Waals surface area contributed by atoms with Crippen molar-refractivity contribution in [3.8, 4) is 5.75 Å². The lowest BCUT2D eigenvalue weighted by Crippen LogP contribution is -2.33. The van der Waals surface area contributed by atoms with Crippen molar-refractivity contribution in [2.45, 2.75) is 18.9 Å². The number of phenols is 1. The van der Waals surface area contributed by atoms with Crippen LogP contribution in [0.3, 0.4) is 0 Å². The number of pyridine rings is 1. The van der Waals surface area contributed by atoms with Crippen molar-refractivity contribution >= 4 is 16.6 Å². The van der Waals surface area contributed by atoms with E-state index in [9.17, 15) is 5.11 Å². The Labute approximate surface area is 124 Å². The van der Waals surface area contributed by atoms with Gasteiger partial charge in [0.1, 0.15) is 11.6 Å². The molecule has 0 bridgehead atoms. The average Bonchev–Trinajstić information content (AvgIpc) is 2.53. The van der Waals surface area contributed by atoms with E-state index in [2.05, 4.69) is 15.6 Å². The highest BCUT2D eigenvalue weighted by Crippen LogP contribution is 2.24. The number of nitrogens with one attached hydrogen (secondary N) is 2. The van der Waals surface area contributed by atoms with Gasteiger partial charge in [-0.1, -0.05) is 6.07 Å². The first-order valence-corrected chi connectivity index (χ1v) is 7.47. The Morgan fingerprint density at radius 1 is 1.29 bits per heavy atom. The van der Waals surface area contributed by atoms with Crippen molar-refractivity contribution in [1.29, 1.82) is 0 Å². The first-order valence-electron chi connectivity index (χ1n) is 7.47. The van der Waals surface area contributed by atoms with E-state index in [1.165, 1.54) is 0 Å². The Morgan fingerprint density at radius 3 is 3.00 bits per heavy atom. The fourth-order valence-electron chi connectivity index (χ4n) is 2.65. The average molecular weight is 287 g/mol. The molecule has 0 saturated carbocycles. The molecule has 3 N–H and O–H groups in total. The number of hydrogen-bond donors (Lipinski definition) is 3. The summed E-state index contributed by atoms with van der Waals surface area (Å²) in [6.45, 7) is 3.47. The van der Waals surface area contributed by atoms with Gasteiger partial charge in [0.25, 0.3) is 0 Å². The van der Waals surface area contributed by atoms with Gasteiger partial charge >= 0.3 is 0 Å². The van der Waals surface area contributed by atoms with Crippen LogP contribution >= 0.6 is 0 Å². The van der Waals surface area contributed by atoms with Crippen LogP contribution in [0.25, 0.3) is 10.8 Å². The normalized spacial score (nSPS) is 16.2. The summed E-state index contributed by atoms with van der Waals surface area (Å²) in [4.78, 5) is 4.34. The second-order valence-corrected chi connectivity index (χ2v) is 5.31. The molecule has 0 unspecified atom stereocenters. The van der Waals surface area contributed by atoms with Gasteiger partial charge in [0.2, 0.25) is 0 Å². The monoisotopic (exact) mass is 287 g/mol. The van der Waals surface area contributed by atoms with Gasteiger partial charge in [-0.2, -0.15) is 0 Å². The van der Waals surface area contributed by atoms with E-state index < -0.39 is 0 Å². The topological polar surface area (TPSA) is 66.4 Å². The molecule has 0 spiro atoms. The third kappa shape index (κ3) is 3.62. The second kappa shape index (κ2) is 6.74. The fourth-order valence-corrected chi connectivity index (χ4v) is 2.65. The number of nitrogens with zero attached hydrogens (tertiary/aromatic N) is 1. The van der Waals surface area contributed by atoms with Crippen LogP contribution in [0, 0.1) is 0 Å². The second-order valence-electron chi connectivity index (χ2n) is 5.31. The Balaban J connectivity index is 1.56. The van der Waals surface area contributed by atoms with Gasteiger partial charge in [0.05, 0.1) is 12.7 Å². The van der Waals surface area contributed by atoms with Gasteiger partial charge in [0, 0.05) is 18.1 Å². The summed E-state index contributed by atoms with van der Waals surface area (Å²) >= 11 is 0. The molecule has 1 saturated heterocycles. The van der Waals surface area contributed by atoms with Crippen LogP contribution in [-0.4, -0.2) is 42.4 Å². The van der Waals surface area contributed by atoms with Gasteiger partial charge in [-0.3, -0.25) is 0 Å². The van der Waals surface area contributed by atoms with Gasteiger partial charge < -0.3 is 20.5 Å². The molecule has 2 heterocycles. The Hall–Kier alpha value is -1.85. The molecule has 0 amide bonds. The van der Waals surface area contributed by atoms with Gasteiger partial charge in [-0.05, 0) is 49.5 Å². The maximum Gasteiger partial charge on any atom is 0.134 e. The minimum absolute atomic E-state index is 0.254. The Morgan fingerprint density at radius 2 is 2.14 bits per heavy atom. The molecule has 0 atom stereocenters. The van der Waals surface area contributed by atoms with E-state index in [-0.39, 0.29) is 5.75 Å². The van der Waals surface area contributed by atoms with Crippen molar-refractivity contribution in [2.24, 2.45) is 0 Å². The molecule has 21 heavy (non-hydrogen) atoms. The van der Waals surface area contributed by atoms with Crippen molar-refractivity contribution in [1.82, 2.24) is 10.3 Å². The van der Waals surface area contributed by atoms with Crippen LogP contribution in [0.15, 0.2) is 30.5 Å². The lowest BCUT2D eigenvalue weighted by atomic mass is 10.1. The molecule has 3 rings (SSSR count). The largest absolute Gasteiger partial charge is 0.508 e. The van der Waals surface area contributed by atoms with Gasteiger partial charge in [-0.25, -0.2) is 4.98 Å². The highest BCUT2D eigenvalue weighted by molar-refractivity contribution is 5.92. The quantitative estimate of drug-likeness (QED) is 0.735. The molecular formula is C16H21N3O2. The summed E-state index contributed by atoms with van der Waals surface area (Å²) in [5.41, 5.74) is 0. The smallest absolute Gasteiger partial charge is 0.134 e.